The van der Waals surface area contributed by atoms with Gasteiger partial charge in [0.1, 0.15) is 5.52 Å². The molecule has 3 aromatic heterocycles. The Hall–Kier alpha value is -1.57. The predicted octanol–water partition coefficient (Wildman–Crippen LogP) is 4.48. The Kier molecular flexibility index (Phi) is 5.47. The van der Waals surface area contributed by atoms with Crippen LogP contribution in [0, 0.1) is 12.8 Å². The van der Waals surface area contributed by atoms with Gasteiger partial charge in [0.15, 0.2) is 0 Å². The molecule has 1 fully saturated rings. The molecule has 5 nitrogen and oxygen atoms in total. The summed E-state index contributed by atoms with van der Waals surface area (Å²) in [5.41, 5.74) is 4.14. The molecule has 0 unspecified atom stereocenters. The molecule has 0 spiro atoms. The summed E-state index contributed by atoms with van der Waals surface area (Å²) in [5, 5.41) is 6.94. The van der Waals surface area contributed by atoms with Crippen LogP contribution in [0.3, 0.4) is 0 Å². The number of pyridine rings is 2. The third-order valence-corrected chi connectivity index (χ3v) is 6.14. The number of halogens is 1. The van der Waals surface area contributed by atoms with Crippen molar-refractivity contribution in [2.24, 2.45) is 5.92 Å². The number of hydrogen-bond acceptors (Lipinski definition) is 6. The third kappa shape index (κ3) is 4.22. The van der Waals surface area contributed by atoms with Crippen molar-refractivity contribution in [2.75, 3.05) is 25.0 Å². The minimum Gasteiger partial charge on any atom is -0.383 e. The Balaban J connectivity index is 1.31. The van der Waals surface area contributed by atoms with Crippen molar-refractivity contribution < 1.29 is 0 Å². The number of nitrogens with one attached hydrogen (secondary N) is 1. The Bertz CT molecular complexity index is 889. The number of likely N-dealkylation sites (tertiary alicyclic amines) is 1. The van der Waals surface area contributed by atoms with Gasteiger partial charge in [-0.15, -0.1) is 11.3 Å². The average Bonchev–Trinajstić information content (AvgIpc) is 3.05. The van der Waals surface area contributed by atoms with Gasteiger partial charge in [-0.2, -0.15) is 0 Å². The summed E-state index contributed by atoms with van der Waals surface area (Å²) in [4.78, 5) is 16.0. The minimum absolute atomic E-state index is 0.696. The van der Waals surface area contributed by atoms with Crippen molar-refractivity contribution in [3.05, 3.63) is 45.1 Å². The van der Waals surface area contributed by atoms with E-state index in [1.54, 1.807) is 11.3 Å². The van der Waals surface area contributed by atoms with Gasteiger partial charge in [0, 0.05) is 35.3 Å². The zero-order valence-corrected chi connectivity index (χ0v) is 17.2. The van der Waals surface area contributed by atoms with E-state index in [0.29, 0.717) is 5.92 Å². The first-order valence-corrected chi connectivity index (χ1v) is 10.6. The second-order valence-electron chi connectivity index (χ2n) is 6.84. The second kappa shape index (κ2) is 7.98. The Morgan fingerprint density at radius 1 is 1.31 bits per heavy atom. The van der Waals surface area contributed by atoms with Crippen LogP contribution >= 0.6 is 27.3 Å². The quantitative estimate of drug-likeness (QED) is 0.644. The summed E-state index contributed by atoms with van der Waals surface area (Å²) in [6.45, 7) is 6.33. The SMILES string of the molecule is Cc1nc(CN2CCC(CNc3ccnc4cc(Br)cnc34)CC2)cs1. The standard InChI is InChI=1S/C19H22BrN5S/c1-13-24-16(12-26-13)11-25-6-3-14(4-7-25)9-22-17-2-5-21-18-8-15(20)10-23-19(17)18/h2,5,8,10,12,14H,3-4,6-7,9,11H2,1H3,(H,21,22). The molecule has 0 radical (unpaired) electrons. The maximum atomic E-state index is 4.58. The van der Waals surface area contributed by atoms with Gasteiger partial charge < -0.3 is 5.32 Å². The van der Waals surface area contributed by atoms with E-state index < -0.39 is 0 Å². The number of rotatable bonds is 5. The molecule has 4 heterocycles. The number of nitrogens with zero attached hydrogens (tertiary/aromatic N) is 4. The molecular formula is C19H22BrN5S. The van der Waals surface area contributed by atoms with Crippen LogP contribution in [-0.2, 0) is 6.54 Å². The fraction of sp³-hybridized carbons (Fsp3) is 0.421. The highest BCUT2D eigenvalue weighted by Crippen LogP contribution is 2.24. The monoisotopic (exact) mass is 431 g/mol. The molecule has 1 saturated heterocycles. The van der Waals surface area contributed by atoms with Gasteiger partial charge in [0.25, 0.3) is 0 Å². The van der Waals surface area contributed by atoms with Gasteiger partial charge in [-0.3, -0.25) is 14.9 Å². The first kappa shape index (κ1) is 17.8. The van der Waals surface area contributed by atoms with E-state index in [9.17, 15) is 0 Å². The van der Waals surface area contributed by atoms with Crippen LogP contribution in [-0.4, -0.2) is 39.5 Å². The second-order valence-corrected chi connectivity index (χ2v) is 8.82. The van der Waals surface area contributed by atoms with Crippen LogP contribution in [0.5, 0.6) is 0 Å². The normalized spacial score (nSPS) is 16.2. The molecule has 4 rings (SSSR count). The lowest BCUT2D eigenvalue weighted by Gasteiger charge is -2.31. The molecule has 1 N–H and O–H groups in total. The summed E-state index contributed by atoms with van der Waals surface area (Å²) >= 11 is 5.20. The number of aromatic nitrogens is 3. The zero-order chi connectivity index (χ0) is 17.9. The van der Waals surface area contributed by atoms with Crippen molar-refractivity contribution in [2.45, 2.75) is 26.3 Å². The number of aryl methyl sites for hydroxylation is 1. The van der Waals surface area contributed by atoms with Crippen molar-refractivity contribution in [1.29, 1.82) is 0 Å². The number of anilines is 1. The summed E-state index contributed by atoms with van der Waals surface area (Å²) in [6, 6.07) is 4.02. The largest absolute Gasteiger partial charge is 0.383 e. The fourth-order valence-electron chi connectivity index (χ4n) is 3.46. The molecule has 26 heavy (non-hydrogen) atoms. The van der Waals surface area contributed by atoms with Crippen molar-refractivity contribution >= 4 is 44.0 Å². The van der Waals surface area contributed by atoms with E-state index in [4.69, 9.17) is 0 Å². The van der Waals surface area contributed by atoms with E-state index in [0.717, 1.165) is 52.4 Å². The van der Waals surface area contributed by atoms with Crippen molar-refractivity contribution in [1.82, 2.24) is 19.9 Å². The van der Waals surface area contributed by atoms with Gasteiger partial charge in [-0.25, -0.2) is 4.98 Å². The molecule has 1 aliphatic heterocycles. The highest BCUT2D eigenvalue weighted by atomic mass is 79.9. The summed E-state index contributed by atoms with van der Waals surface area (Å²) < 4.78 is 0.956. The van der Waals surface area contributed by atoms with Crippen molar-refractivity contribution in [3.63, 3.8) is 0 Å². The lowest BCUT2D eigenvalue weighted by Crippen LogP contribution is -2.35. The van der Waals surface area contributed by atoms with E-state index in [1.165, 1.54) is 18.5 Å². The molecule has 0 atom stereocenters. The highest BCUT2D eigenvalue weighted by molar-refractivity contribution is 9.10. The summed E-state index contributed by atoms with van der Waals surface area (Å²) in [5.74, 6) is 0.696. The number of piperidine rings is 1. The minimum atomic E-state index is 0.696. The fourth-order valence-corrected chi connectivity index (χ4v) is 4.38. The third-order valence-electron chi connectivity index (χ3n) is 4.88. The number of thiazole rings is 1. The summed E-state index contributed by atoms with van der Waals surface area (Å²) in [6.07, 6.45) is 6.11. The van der Waals surface area contributed by atoms with Crippen LogP contribution in [0.15, 0.2) is 34.4 Å². The van der Waals surface area contributed by atoms with E-state index in [2.05, 4.69) is 53.4 Å². The van der Waals surface area contributed by atoms with Crippen LogP contribution in [0.2, 0.25) is 0 Å². The van der Waals surface area contributed by atoms with Gasteiger partial charge in [-0.05, 0) is 66.8 Å². The highest BCUT2D eigenvalue weighted by Gasteiger charge is 2.20. The lowest BCUT2D eigenvalue weighted by atomic mass is 9.96. The van der Waals surface area contributed by atoms with Gasteiger partial charge >= 0.3 is 0 Å². The van der Waals surface area contributed by atoms with Gasteiger partial charge in [0.05, 0.1) is 21.9 Å². The van der Waals surface area contributed by atoms with Crippen LogP contribution in [0.25, 0.3) is 11.0 Å². The van der Waals surface area contributed by atoms with E-state index >= 15 is 0 Å². The molecule has 0 amide bonds. The molecule has 7 heteroatoms. The topological polar surface area (TPSA) is 53.9 Å². The molecular weight excluding hydrogens is 410 g/mol. The van der Waals surface area contributed by atoms with Crippen LogP contribution in [0.4, 0.5) is 5.69 Å². The molecule has 0 saturated carbocycles. The Labute approximate surface area is 166 Å². The first-order valence-electron chi connectivity index (χ1n) is 8.95. The maximum absolute atomic E-state index is 4.58. The maximum Gasteiger partial charge on any atom is 0.112 e. The molecule has 0 aromatic carbocycles. The number of fused-ring (bicyclic) bond motifs is 1. The van der Waals surface area contributed by atoms with Crippen molar-refractivity contribution in [3.8, 4) is 0 Å². The van der Waals surface area contributed by atoms with Gasteiger partial charge in [-0.1, -0.05) is 0 Å². The number of hydrogen-bond donors (Lipinski definition) is 1. The predicted molar refractivity (Wildman–Crippen MR) is 111 cm³/mol. The van der Waals surface area contributed by atoms with E-state index in [-0.39, 0.29) is 0 Å². The van der Waals surface area contributed by atoms with E-state index in [1.807, 2.05) is 24.5 Å². The lowest BCUT2D eigenvalue weighted by molar-refractivity contribution is 0.181. The van der Waals surface area contributed by atoms with Gasteiger partial charge in [0.2, 0.25) is 0 Å². The molecule has 136 valence electrons. The Morgan fingerprint density at radius 3 is 2.92 bits per heavy atom. The molecule has 0 bridgehead atoms. The van der Waals surface area contributed by atoms with Crippen LogP contribution in [0.1, 0.15) is 23.5 Å². The molecule has 3 aromatic rings. The summed E-state index contributed by atoms with van der Waals surface area (Å²) in [7, 11) is 0. The first-order chi connectivity index (χ1) is 12.7. The molecule has 0 aliphatic carbocycles. The smallest absolute Gasteiger partial charge is 0.112 e. The molecule has 1 aliphatic rings. The Morgan fingerprint density at radius 2 is 2.15 bits per heavy atom. The zero-order valence-electron chi connectivity index (χ0n) is 14.8. The average molecular weight is 432 g/mol. The van der Waals surface area contributed by atoms with Crippen LogP contribution < -0.4 is 5.32 Å².